The van der Waals surface area contributed by atoms with Crippen LogP contribution in [0.25, 0.3) is 0 Å². The molecule has 1 fully saturated rings. The van der Waals surface area contributed by atoms with Gasteiger partial charge >= 0.3 is 0 Å². The minimum Gasteiger partial charge on any atom is -0.341 e. The number of hydrogen-bond acceptors (Lipinski definition) is 4. The highest BCUT2D eigenvalue weighted by Crippen LogP contribution is 2.21. The molecule has 1 heterocycles. The fourth-order valence-corrected chi connectivity index (χ4v) is 3.76. The number of benzene rings is 1. The average molecular weight is 335 g/mol. The molecule has 7 heteroatoms. The van der Waals surface area contributed by atoms with E-state index in [4.69, 9.17) is 5.26 Å². The number of piperidine rings is 1. The van der Waals surface area contributed by atoms with Crippen molar-refractivity contribution in [3.63, 3.8) is 0 Å². The number of rotatable bonds is 4. The van der Waals surface area contributed by atoms with E-state index in [0.29, 0.717) is 31.5 Å². The van der Waals surface area contributed by atoms with Crippen LogP contribution in [0, 0.1) is 17.2 Å². The highest BCUT2D eigenvalue weighted by Gasteiger charge is 2.31. The molecule has 0 radical (unpaired) electrons. The first-order valence-corrected chi connectivity index (χ1v) is 9.35. The van der Waals surface area contributed by atoms with E-state index in [1.165, 1.54) is 10.6 Å². The third-order valence-electron chi connectivity index (χ3n) is 4.05. The van der Waals surface area contributed by atoms with E-state index in [2.05, 4.69) is 6.07 Å². The van der Waals surface area contributed by atoms with Crippen LogP contribution in [0.3, 0.4) is 0 Å². The first kappa shape index (κ1) is 17.4. The summed E-state index contributed by atoms with van der Waals surface area (Å²) in [7, 11) is -1.55. The molecular formula is C16H21N3O3S. The van der Waals surface area contributed by atoms with Crippen LogP contribution in [0.5, 0.6) is 0 Å². The number of nitrogens with zero attached hydrogens (tertiary/aromatic N) is 3. The van der Waals surface area contributed by atoms with E-state index in [1.54, 1.807) is 30.1 Å². The Hall–Kier alpha value is -1.91. The van der Waals surface area contributed by atoms with E-state index in [9.17, 15) is 13.2 Å². The molecule has 1 atom stereocenters. The van der Waals surface area contributed by atoms with Crippen molar-refractivity contribution >= 4 is 15.9 Å². The second-order valence-corrected chi connectivity index (χ2v) is 7.95. The lowest BCUT2D eigenvalue weighted by molar-refractivity contribution is -0.135. The predicted octanol–water partition coefficient (Wildman–Crippen LogP) is 1.19. The molecule has 6 nitrogen and oxygen atoms in total. The first-order valence-electron chi connectivity index (χ1n) is 7.50. The monoisotopic (exact) mass is 335 g/mol. The third kappa shape index (κ3) is 4.53. The van der Waals surface area contributed by atoms with Crippen LogP contribution in [0.2, 0.25) is 0 Å². The summed E-state index contributed by atoms with van der Waals surface area (Å²) in [5, 5.41) is 8.92. The topological polar surface area (TPSA) is 81.5 Å². The summed E-state index contributed by atoms with van der Waals surface area (Å²) in [5.74, 6) is -0.358. The Morgan fingerprint density at radius 3 is 2.87 bits per heavy atom. The number of sulfonamides is 1. The minimum absolute atomic E-state index is 0.0549. The molecule has 0 spiro atoms. The van der Waals surface area contributed by atoms with Crippen molar-refractivity contribution < 1.29 is 13.2 Å². The van der Waals surface area contributed by atoms with E-state index in [-0.39, 0.29) is 18.4 Å². The Bertz CT molecular complexity index is 724. The highest BCUT2D eigenvalue weighted by molar-refractivity contribution is 7.88. The molecular weight excluding hydrogens is 314 g/mol. The van der Waals surface area contributed by atoms with Crippen molar-refractivity contribution in [1.82, 2.24) is 9.21 Å². The van der Waals surface area contributed by atoms with Crippen molar-refractivity contribution in [2.75, 3.05) is 26.4 Å². The number of hydrogen-bond donors (Lipinski definition) is 0. The quantitative estimate of drug-likeness (QED) is 0.827. The lowest BCUT2D eigenvalue weighted by Crippen LogP contribution is -2.45. The summed E-state index contributed by atoms with van der Waals surface area (Å²) < 4.78 is 24.7. The first-order chi connectivity index (χ1) is 10.8. The standard InChI is InChI=1S/C16H21N3O3S/c1-18(11-14-6-3-5-13(9-14)10-17)16(20)15-7-4-8-19(12-15)23(2,21)22/h3,5-6,9,15H,4,7-8,11-12H2,1-2H3. The molecule has 124 valence electrons. The fraction of sp³-hybridized carbons (Fsp3) is 0.500. The number of carbonyl (C=O) groups is 1. The molecule has 1 amide bonds. The minimum atomic E-state index is -3.26. The van der Waals surface area contributed by atoms with Crippen LogP contribution in [0.1, 0.15) is 24.0 Å². The lowest BCUT2D eigenvalue weighted by Gasteiger charge is -2.32. The number of nitriles is 1. The second-order valence-electron chi connectivity index (χ2n) is 5.97. The summed E-state index contributed by atoms with van der Waals surface area (Å²) in [4.78, 5) is 14.2. The molecule has 0 bridgehead atoms. The van der Waals surface area contributed by atoms with Gasteiger partial charge in [-0.3, -0.25) is 4.79 Å². The van der Waals surface area contributed by atoms with Gasteiger partial charge in [0.25, 0.3) is 0 Å². The van der Waals surface area contributed by atoms with Gasteiger partial charge in [-0.15, -0.1) is 0 Å². The Labute approximate surface area is 137 Å². The van der Waals surface area contributed by atoms with Gasteiger partial charge in [0, 0.05) is 26.7 Å². The van der Waals surface area contributed by atoms with Gasteiger partial charge in [-0.1, -0.05) is 12.1 Å². The van der Waals surface area contributed by atoms with Crippen molar-refractivity contribution in [2.45, 2.75) is 19.4 Å². The van der Waals surface area contributed by atoms with Crippen molar-refractivity contribution in [2.24, 2.45) is 5.92 Å². The maximum absolute atomic E-state index is 12.6. The maximum Gasteiger partial charge on any atom is 0.227 e. The van der Waals surface area contributed by atoms with Gasteiger partial charge in [-0.2, -0.15) is 5.26 Å². The smallest absolute Gasteiger partial charge is 0.227 e. The largest absolute Gasteiger partial charge is 0.341 e. The van der Waals surface area contributed by atoms with Crippen LogP contribution in [-0.2, 0) is 21.4 Å². The van der Waals surface area contributed by atoms with Gasteiger partial charge in [0.15, 0.2) is 0 Å². The van der Waals surface area contributed by atoms with Gasteiger partial charge in [-0.05, 0) is 30.5 Å². The molecule has 1 saturated heterocycles. The number of carbonyl (C=O) groups excluding carboxylic acids is 1. The van der Waals surface area contributed by atoms with E-state index in [0.717, 1.165) is 5.56 Å². The predicted molar refractivity (Wildman–Crippen MR) is 86.8 cm³/mol. The summed E-state index contributed by atoms with van der Waals surface area (Å²) in [6.07, 6.45) is 2.58. The Balaban J connectivity index is 2.03. The summed E-state index contributed by atoms with van der Waals surface area (Å²) >= 11 is 0. The highest BCUT2D eigenvalue weighted by atomic mass is 32.2. The zero-order valence-corrected chi connectivity index (χ0v) is 14.2. The second kappa shape index (κ2) is 7.11. The molecule has 23 heavy (non-hydrogen) atoms. The van der Waals surface area contributed by atoms with Crippen LogP contribution >= 0.6 is 0 Å². The van der Waals surface area contributed by atoms with Crippen LogP contribution in [0.15, 0.2) is 24.3 Å². The van der Waals surface area contributed by atoms with Crippen molar-refractivity contribution in [3.8, 4) is 6.07 Å². The lowest BCUT2D eigenvalue weighted by atomic mass is 9.98. The van der Waals surface area contributed by atoms with E-state index < -0.39 is 10.0 Å². The Kier molecular flexibility index (Phi) is 5.39. The molecule has 0 N–H and O–H groups in total. The fourth-order valence-electron chi connectivity index (χ4n) is 2.85. The third-order valence-corrected chi connectivity index (χ3v) is 5.32. The molecule has 1 unspecified atom stereocenters. The molecule has 1 aliphatic heterocycles. The summed E-state index contributed by atoms with van der Waals surface area (Å²) in [6, 6.07) is 9.21. The Morgan fingerprint density at radius 2 is 2.22 bits per heavy atom. The van der Waals surface area contributed by atoms with Crippen LogP contribution < -0.4 is 0 Å². The summed E-state index contributed by atoms with van der Waals surface area (Å²) in [6.45, 7) is 1.14. The SMILES string of the molecule is CN(Cc1cccc(C#N)c1)C(=O)C1CCCN(S(C)(=O)=O)C1. The van der Waals surface area contributed by atoms with Crippen molar-refractivity contribution in [1.29, 1.82) is 5.26 Å². The van der Waals surface area contributed by atoms with E-state index in [1.807, 2.05) is 6.07 Å². The molecule has 1 aliphatic rings. The normalized spacial score (nSPS) is 19.1. The maximum atomic E-state index is 12.6. The van der Waals surface area contributed by atoms with E-state index >= 15 is 0 Å². The molecule has 1 aromatic carbocycles. The molecule has 0 aromatic heterocycles. The molecule has 0 aliphatic carbocycles. The van der Waals surface area contributed by atoms with Crippen LogP contribution in [0.4, 0.5) is 0 Å². The van der Waals surface area contributed by atoms with Gasteiger partial charge in [0.1, 0.15) is 0 Å². The molecule has 2 rings (SSSR count). The van der Waals surface area contributed by atoms with Crippen LogP contribution in [-0.4, -0.2) is 49.9 Å². The summed E-state index contributed by atoms with van der Waals surface area (Å²) in [5.41, 5.74) is 1.44. The van der Waals surface area contributed by atoms with Gasteiger partial charge in [-0.25, -0.2) is 12.7 Å². The number of amides is 1. The zero-order valence-electron chi connectivity index (χ0n) is 13.4. The molecule has 1 aromatic rings. The zero-order chi connectivity index (χ0) is 17.0. The van der Waals surface area contributed by atoms with Gasteiger partial charge < -0.3 is 4.90 Å². The Morgan fingerprint density at radius 1 is 1.48 bits per heavy atom. The van der Waals surface area contributed by atoms with Crippen molar-refractivity contribution in [3.05, 3.63) is 35.4 Å². The molecule has 0 saturated carbocycles. The van der Waals surface area contributed by atoms with Gasteiger partial charge in [0.2, 0.25) is 15.9 Å². The average Bonchev–Trinajstić information content (AvgIpc) is 2.53. The van der Waals surface area contributed by atoms with Gasteiger partial charge in [0.05, 0.1) is 23.8 Å².